The fourth-order valence-corrected chi connectivity index (χ4v) is 10.1. The second kappa shape index (κ2) is 30.7. The van der Waals surface area contributed by atoms with Gasteiger partial charge in [-0.2, -0.15) is 0 Å². The topological polar surface area (TPSA) is 80.9 Å². The zero-order chi connectivity index (χ0) is 63.1. The summed E-state index contributed by atoms with van der Waals surface area (Å²) in [5.41, 5.74) is 19.7. The summed E-state index contributed by atoms with van der Waals surface area (Å²) in [6.07, 6.45) is 2.52. The van der Waals surface area contributed by atoms with Gasteiger partial charge in [-0.25, -0.2) is 0 Å². The molecule has 12 aromatic carbocycles. The Bertz CT molecular complexity index is 4750. The number of hydrogen-bond acceptors (Lipinski definition) is 4. The van der Waals surface area contributed by atoms with Gasteiger partial charge in [-0.1, -0.05) is 192 Å². The van der Waals surface area contributed by atoms with Crippen molar-refractivity contribution in [2.75, 3.05) is 0 Å². The van der Waals surface area contributed by atoms with Crippen LogP contribution in [-0.2, 0) is 25.7 Å². The van der Waals surface area contributed by atoms with E-state index in [-0.39, 0.29) is 23.0 Å². The summed E-state index contributed by atoms with van der Waals surface area (Å²) in [7, 11) is 0. The number of benzene rings is 12. The van der Waals surface area contributed by atoms with Crippen molar-refractivity contribution in [1.82, 2.24) is 0 Å². The van der Waals surface area contributed by atoms with Crippen LogP contribution in [0, 0.1) is 71.0 Å². The molecule has 0 saturated carbocycles. The molecule has 0 heterocycles. The highest BCUT2D eigenvalue weighted by atomic mass is 16.3. The van der Waals surface area contributed by atoms with E-state index in [0.29, 0.717) is 25.7 Å². The first-order chi connectivity index (χ1) is 45.1. The van der Waals surface area contributed by atoms with Crippen LogP contribution in [0.15, 0.2) is 291 Å². The average molecular weight is 1180 g/mol. The molecule has 12 aromatic rings. The summed E-state index contributed by atoms with van der Waals surface area (Å²) in [4.78, 5) is 0. The Kier molecular flexibility index (Phi) is 20.3. The Balaban J connectivity index is 0.000000188. The molecule has 0 atom stereocenters. The van der Waals surface area contributed by atoms with Gasteiger partial charge in [-0.05, 0) is 240 Å². The van der Waals surface area contributed by atoms with Gasteiger partial charge < -0.3 is 20.4 Å². The maximum atomic E-state index is 9.88. The predicted octanol–water partition coefficient (Wildman–Crippen LogP) is 17.0. The molecule has 0 bridgehead atoms. The van der Waals surface area contributed by atoms with Crippen molar-refractivity contribution in [1.29, 1.82) is 0 Å². The molecule has 436 valence electrons. The third kappa shape index (κ3) is 18.1. The number of phenols is 4. The lowest BCUT2D eigenvalue weighted by atomic mass is 9.90. The van der Waals surface area contributed by atoms with Gasteiger partial charge in [-0.3, -0.25) is 0 Å². The largest absolute Gasteiger partial charge is 0.508 e. The van der Waals surface area contributed by atoms with Gasteiger partial charge in [0.15, 0.2) is 0 Å². The molecule has 0 aliphatic heterocycles. The Morgan fingerprint density at radius 1 is 0.174 bits per heavy atom. The molecule has 0 amide bonds. The van der Waals surface area contributed by atoms with E-state index in [0.717, 1.165) is 111 Å². The summed E-state index contributed by atoms with van der Waals surface area (Å²) in [6, 6.07) is 93.4. The minimum Gasteiger partial charge on any atom is -0.508 e. The van der Waals surface area contributed by atoms with Crippen molar-refractivity contribution >= 4 is 0 Å². The van der Waals surface area contributed by atoms with Crippen LogP contribution in [0.25, 0.3) is 0 Å². The van der Waals surface area contributed by atoms with Gasteiger partial charge in [0.25, 0.3) is 0 Å². The molecule has 0 aliphatic carbocycles. The van der Waals surface area contributed by atoms with Crippen LogP contribution in [0.3, 0.4) is 0 Å². The van der Waals surface area contributed by atoms with Crippen molar-refractivity contribution in [2.45, 2.75) is 25.7 Å². The third-order valence-electron chi connectivity index (χ3n) is 14.9. The predicted molar refractivity (Wildman–Crippen MR) is 371 cm³/mol. The monoisotopic (exact) mass is 1180 g/mol. The molecule has 0 radical (unpaired) electrons. The quantitative estimate of drug-likeness (QED) is 0.114. The van der Waals surface area contributed by atoms with Crippen LogP contribution >= 0.6 is 0 Å². The summed E-state index contributed by atoms with van der Waals surface area (Å²) in [6.45, 7) is 0. The van der Waals surface area contributed by atoms with Gasteiger partial charge in [0.05, 0.1) is 0 Å². The zero-order valence-electron chi connectivity index (χ0n) is 50.3. The van der Waals surface area contributed by atoms with Crippen LogP contribution in [-0.4, -0.2) is 20.4 Å². The Morgan fingerprint density at radius 3 is 0.554 bits per heavy atom. The number of aromatic hydroxyl groups is 4. The zero-order valence-corrected chi connectivity index (χ0v) is 50.3. The van der Waals surface area contributed by atoms with E-state index in [2.05, 4.69) is 95.3 Å². The molecule has 0 fully saturated rings. The molecule has 0 aliphatic rings. The van der Waals surface area contributed by atoms with Crippen LogP contribution in [0.4, 0.5) is 0 Å². The molecule has 92 heavy (non-hydrogen) atoms. The van der Waals surface area contributed by atoms with E-state index >= 15 is 0 Å². The average Bonchev–Trinajstić information content (AvgIpc) is 0.945. The first kappa shape index (κ1) is 60.9. The van der Waals surface area contributed by atoms with Gasteiger partial charge in [-0.15, -0.1) is 0 Å². The van der Waals surface area contributed by atoms with Crippen molar-refractivity contribution in [3.63, 3.8) is 0 Å². The van der Waals surface area contributed by atoms with E-state index in [1.165, 1.54) is 0 Å². The molecule has 0 unspecified atom stereocenters. The molecule has 12 rings (SSSR count). The van der Waals surface area contributed by atoms with Gasteiger partial charge >= 0.3 is 0 Å². The number of hydrogen-bond donors (Lipinski definition) is 4. The van der Waals surface area contributed by atoms with Crippen molar-refractivity contribution in [3.8, 4) is 94.0 Å². The van der Waals surface area contributed by atoms with Crippen LogP contribution in [0.2, 0.25) is 0 Å². The molecule has 0 aromatic heterocycles. The van der Waals surface area contributed by atoms with E-state index in [1.54, 1.807) is 48.5 Å². The minimum atomic E-state index is 0.233. The normalized spacial score (nSPS) is 10.0. The summed E-state index contributed by atoms with van der Waals surface area (Å²) >= 11 is 0. The Hall–Kier alpha value is -12.8. The molecule has 4 heteroatoms. The molecular formula is C88H60O4. The van der Waals surface area contributed by atoms with Crippen LogP contribution in [0.5, 0.6) is 23.0 Å². The Morgan fingerprint density at radius 2 is 0.348 bits per heavy atom. The van der Waals surface area contributed by atoms with Gasteiger partial charge in [0.1, 0.15) is 23.0 Å². The first-order valence-corrected chi connectivity index (χ1v) is 30.1. The van der Waals surface area contributed by atoms with Crippen LogP contribution < -0.4 is 0 Å². The lowest BCUT2D eigenvalue weighted by molar-refractivity contribution is 0.474. The van der Waals surface area contributed by atoms with E-state index < -0.39 is 0 Å². The van der Waals surface area contributed by atoms with Gasteiger partial charge in [0.2, 0.25) is 0 Å². The van der Waals surface area contributed by atoms with Crippen molar-refractivity contribution in [3.05, 3.63) is 402 Å². The highest BCUT2D eigenvalue weighted by Gasteiger charge is 2.14. The van der Waals surface area contributed by atoms with Crippen molar-refractivity contribution < 1.29 is 20.4 Å². The molecule has 4 N–H and O–H groups in total. The standard InChI is InChI=1S/2C44H30O2/c45-42-24-19-37(20-25-42)29-40-31-39(18-17-36-15-13-35(14-16-36)12-11-33-7-3-1-4-8-33)32-41(30-38-21-26-43(46)27-22-38)44(40)28-23-34-9-5-2-6-10-34;45-42-24-19-37(20-25-42)29-40-31-39(18-17-34-9-5-2-6-10-34)32-41(30-38-21-26-43(46)27-22-38)44(40)28-23-36-15-13-35(14-16-36)12-11-33-7-3-1-4-8-33/h2*1-10,13-16,19-22,24-27,31-32,45-46H,29-30H2. The van der Waals surface area contributed by atoms with Crippen molar-refractivity contribution in [2.24, 2.45) is 0 Å². The minimum absolute atomic E-state index is 0.233. The molecule has 4 nitrogen and oxygen atoms in total. The van der Waals surface area contributed by atoms with Crippen LogP contribution in [0.1, 0.15) is 111 Å². The second-order valence-corrected chi connectivity index (χ2v) is 21.8. The molecule has 0 spiro atoms. The lowest BCUT2D eigenvalue weighted by Gasteiger charge is -2.13. The SMILES string of the molecule is Oc1ccc(Cc2cc(C#Cc3ccc(C#Cc4ccccc4)cc3)cc(Cc3ccc(O)cc3)c2C#Cc2ccccc2)cc1.Oc1ccc(Cc2cc(C#Cc3ccccc3)cc(Cc3ccc(O)cc3)c2C#Cc2ccc(C#Cc3ccccc3)cc2)cc1. The number of phenolic OH excluding ortho intramolecular Hbond substituents is 4. The molecule has 0 saturated heterocycles. The van der Waals surface area contributed by atoms with E-state index in [9.17, 15) is 20.4 Å². The fourth-order valence-electron chi connectivity index (χ4n) is 10.1. The maximum Gasteiger partial charge on any atom is 0.115 e. The number of rotatable bonds is 8. The highest BCUT2D eigenvalue weighted by molar-refractivity contribution is 5.61. The third-order valence-corrected chi connectivity index (χ3v) is 14.9. The van der Waals surface area contributed by atoms with E-state index in [1.807, 2.05) is 218 Å². The highest BCUT2D eigenvalue weighted by Crippen LogP contribution is 2.28. The maximum absolute atomic E-state index is 9.88. The lowest BCUT2D eigenvalue weighted by Crippen LogP contribution is -2.01. The van der Waals surface area contributed by atoms with Gasteiger partial charge in [0, 0.05) is 66.8 Å². The fraction of sp³-hybridized carbons (Fsp3) is 0.0455. The smallest absolute Gasteiger partial charge is 0.115 e. The summed E-state index contributed by atoms with van der Waals surface area (Å²) < 4.78 is 0. The Labute approximate surface area is 539 Å². The molecular weight excluding hydrogens is 1120 g/mol. The first-order valence-electron chi connectivity index (χ1n) is 30.1. The second-order valence-electron chi connectivity index (χ2n) is 21.8. The van der Waals surface area contributed by atoms with E-state index in [4.69, 9.17) is 0 Å². The summed E-state index contributed by atoms with van der Waals surface area (Å²) in [5, 5.41) is 39.5. The summed E-state index contributed by atoms with van der Waals surface area (Å²) in [5.74, 6) is 40.9.